The Morgan fingerprint density at radius 1 is 1.21 bits per heavy atom. The zero-order chi connectivity index (χ0) is 17.7. The number of methoxy groups -OCH3 is 2. The molecule has 2 rings (SSSR count). The number of rotatable bonds is 5. The van der Waals surface area contributed by atoms with Crippen LogP contribution in [0, 0.1) is 0 Å². The van der Waals surface area contributed by atoms with E-state index in [1.165, 1.54) is 26.4 Å². The minimum atomic E-state index is -4.54. The molecule has 0 aliphatic heterocycles. The van der Waals surface area contributed by atoms with Crippen molar-refractivity contribution in [1.82, 2.24) is 4.98 Å². The Morgan fingerprint density at radius 2 is 1.83 bits per heavy atom. The van der Waals surface area contributed by atoms with Crippen LogP contribution in [-0.2, 0) is 11.0 Å². The molecule has 1 aromatic heterocycles. The SMILES string of the molecule is COc1cc(/C=C/C(=O)Nc2nc(C(F)(F)F)cs2)cc(OC)c1. The second-order valence-electron chi connectivity index (χ2n) is 4.50. The number of amides is 1. The van der Waals surface area contributed by atoms with E-state index in [9.17, 15) is 18.0 Å². The number of ether oxygens (including phenoxy) is 2. The standard InChI is InChI=1S/C15H13F3N2O3S/c1-22-10-5-9(6-11(7-10)23-2)3-4-13(21)20-14-19-12(8-24-14)15(16,17)18/h3-8H,1-2H3,(H,19,20,21)/b4-3+. The lowest BCUT2D eigenvalue weighted by atomic mass is 10.2. The van der Waals surface area contributed by atoms with Crippen molar-refractivity contribution in [3.8, 4) is 11.5 Å². The molecule has 5 nitrogen and oxygen atoms in total. The van der Waals surface area contributed by atoms with E-state index in [2.05, 4.69) is 10.3 Å². The summed E-state index contributed by atoms with van der Waals surface area (Å²) in [7, 11) is 2.99. The van der Waals surface area contributed by atoms with Crippen molar-refractivity contribution in [3.05, 3.63) is 40.9 Å². The summed E-state index contributed by atoms with van der Waals surface area (Å²) >= 11 is 0.702. The fourth-order valence-corrected chi connectivity index (χ4v) is 2.43. The molecule has 1 amide bonds. The largest absolute Gasteiger partial charge is 0.497 e. The molecule has 2 aromatic rings. The molecule has 9 heteroatoms. The molecule has 1 aromatic carbocycles. The fraction of sp³-hybridized carbons (Fsp3) is 0.200. The quantitative estimate of drug-likeness (QED) is 0.825. The summed E-state index contributed by atoms with van der Waals surface area (Å²) in [6.07, 6.45) is -1.87. The molecule has 128 valence electrons. The molecule has 0 radical (unpaired) electrons. The van der Waals surface area contributed by atoms with Gasteiger partial charge in [-0.3, -0.25) is 10.1 Å². The molecule has 0 bridgehead atoms. The molecule has 24 heavy (non-hydrogen) atoms. The van der Waals surface area contributed by atoms with Crippen molar-refractivity contribution < 1.29 is 27.4 Å². The third-order valence-electron chi connectivity index (χ3n) is 2.83. The Hall–Kier alpha value is -2.55. The summed E-state index contributed by atoms with van der Waals surface area (Å²) in [6, 6.07) is 5.03. The average Bonchev–Trinajstić information content (AvgIpc) is 3.01. The van der Waals surface area contributed by atoms with Crippen LogP contribution in [0.1, 0.15) is 11.3 Å². The summed E-state index contributed by atoms with van der Waals surface area (Å²) in [5, 5.41) is 3.00. The van der Waals surface area contributed by atoms with Gasteiger partial charge in [0.1, 0.15) is 11.5 Å². The van der Waals surface area contributed by atoms with Crippen LogP contribution in [0.3, 0.4) is 0 Å². The van der Waals surface area contributed by atoms with Gasteiger partial charge >= 0.3 is 6.18 Å². The van der Waals surface area contributed by atoms with E-state index in [0.29, 0.717) is 28.4 Å². The normalized spacial score (nSPS) is 11.5. The van der Waals surface area contributed by atoms with Crippen molar-refractivity contribution in [3.63, 3.8) is 0 Å². The molecule has 0 saturated carbocycles. The van der Waals surface area contributed by atoms with Crippen LogP contribution in [0.15, 0.2) is 29.7 Å². The van der Waals surface area contributed by atoms with E-state index in [-0.39, 0.29) is 5.13 Å². The first-order valence-electron chi connectivity index (χ1n) is 6.56. The van der Waals surface area contributed by atoms with Crippen molar-refractivity contribution in [2.24, 2.45) is 0 Å². The topological polar surface area (TPSA) is 60.5 Å². The van der Waals surface area contributed by atoms with E-state index in [1.54, 1.807) is 18.2 Å². The minimum absolute atomic E-state index is 0.125. The molecular formula is C15H13F3N2O3S. The molecule has 1 N–H and O–H groups in total. The van der Waals surface area contributed by atoms with Crippen molar-refractivity contribution in [2.45, 2.75) is 6.18 Å². The number of benzene rings is 1. The molecule has 0 saturated heterocycles. The van der Waals surface area contributed by atoms with Gasteiger partial charge < -0.3 is 9.47 Å². The van der Waals surface area contributed by atoms with Gasteiger partial charge in [-0.15, -0.1) is 11.3 Å². The summed E-state index contributed by atoms with van der Waals surface area (Å²) in [5.74, 6) is 0.494. The number of carbonyl (C=O) groups excluding carboxylic acids is 1. The van der Waals surface area contributed by atoms with Crippen LogP contribution in [0.4, 0.5) is 18.3 Å². The smallest absolute Gasteiger partial charge is 0.434 e. The maximum Gasteiger partial charge on any atom is 0.434 e. The van der Waals surface area contributed by atoms with Gasteiger partial charge in [0.15, 0.2) is 10.8 Å². The second-order valence-corrected chi connectivity index (χ2v) is 5.36. The lowest BCUT2D eigenvalue weighted by molar-refractivity contribution is -0.140. The van der Waals surface area contributed by atoms with Crippen LogP contribution >= 0.6 is 11.3 Å². The highest BCUT2D eigenvalue weighted by Gasteiger charge is 2.33. The molecule has 0 atom stereocenters. The van der Waals surface area contributed by atoms with Crippen LogP contribution in [-0.4, -0.2) is 25.1 Å². The van der Waals surface area contributed by atoms with E-state index >= 15 is 0 Å². The van der Waals surface area contributed by atoms with Crippen molar-refractivity contribution >= 4 is 28.5 Å². The van der Waals surface area contributed by atoms with Gasteiger partial charge in [-0.1, -0.05) is 0 Å². The maximum atomic E-state index is 12.4. The maximum absolute atomic E-state index is 12.4. The highest BCUT2D eigenvalue weighted by molar-refractivity contribution is 7.14. The number of halogens is 3. The molecule has 0 aliphatic carbocycles. The predicted octanol–water partition coefficient (Wildman–Crippen LogP) is 3.83. The van der Waals surface area contributed by atoms with E-state index < -0.39 is 17.8 Å². The number of thiazole rings is 1. The number of carbonyl (C=O) groups is 1. The summed E-state index contributed by atoms with van der Waals surface area (Å²) in [4.78, 5) is 15.1. The number of nitrogens with one attached hydrogen (secondary N) is 1. The first kappa shape index (κ1) is 17.8. The van der Waals surface area contributed by atoms with E-state index in [1.807, 2.05) is 0 Å². The van der Waals surface area contributed by atoms with Crippen LogP contribution < -0.4 is 14.8 Å². The monoisotopic (exact) mass is 358 g/mol. The van der Waals surface area contributed by atoms with Crippen LogP contribution in [0.5, 0.6) is 11.5 Å². The number of anilines is 1. The van der Waals surface area contributed by atoms with Crippen LogP contribution in [0.2, 0.25) is 0 Å². The van der Waals surface area contributed by atoms with Crippen LogP contribution in [0.25, 0.3) is 6.08 Å². The zero-order valence-corrected chi connectivity index (χ0v) is 13.5. The third-order valence-corrected chi connectivity index (χ3v) is 3.58. The summed E-state index contributed by atoms with van der Waals surface area (Å²) in [6.45, 7) is 0. The third kappa shape index (κ3) is 4.72. The zero-order valence-electron chi connectivity index (χ0n) is 12.7. The highest BCUT2D eigenvalue weighted by Crippen LogP contribution is 2.31. The lowest BCUT2D eigenvalue weighted by Gasteiger charge is -2.05. The fourth-order valence-electron chi connectivity index (χ4n) is 1.71. The molecule has 1 heterocycles. The lowest BCUT2D eigenvalue weighted by Crippen LogP contribution is -2.09. The number of aromatic nitrogens is 1. The summed E-state index contributed by atoms with van der Waals surface area (Å²) in [5.41, 5.74) is -0.402. The number of alkyl halides is 3. The molecule has 0 fully saturated rings. The van der Waals surface area contributed by atoms with Crippen molar-refractivity contribution in [2.75, 3.05) is 19.5 Å². The Labute approximate surface area is 139 Å². The number of hydrogen-bond donors (Lipinski definition) is 1. The highest BCUT2D eigenvalue weighted by atomic mass is 32.1. The molecule has 0 spiro atoms. The minimum Gasteiger partial charge on any atom is -0.497 e. The van der Waals surface area contributed by atoms with Gasteiger partial charge in [0.2, 0.25) is 5.91 Å². The Morgan fingerprint density at radius 3 is 2.33 bits per heavy atom. The summed E-state index contributed by atoms with van der Waals surface area (Å²) < 4.78 is 47.5. The van der Waals surface area contributed by atoms with E-state index in [0.717, 1.165) is 5.38 Å². The van der Waals surface area contributed by atoms with Gasteiger partial charge in [0.25, 0.3) is 0 Å². The Kier molecular flexibility index (Phi) is 5.45. The molecular weight excluding hydrogens is 345 g/mol. The van der Waals surface area contributed by atoms with Gasteiger partial charge in [0, 0.05) is 17.5 Å². The molecule has 0 aliphatic rings. The number of nitrogens with zero attached hydrogens (tertiary/aromatic N) is 1. The average molecular weight is 358 g/mol. The first-order chi connectivity index (χ1) is 11.3. The van der Waals surface area contributed by atoms with Gasteiger partial charge in [-0.2, -0.15) is 13.2 Å². The predicted molar refractivity (Wildman–Crippen MR) is 84.3 cm³/mol. The Bertz CT molecular complexity index is 734. The van der Waals surface area contributed by atoms with Gasteiger partial charge in [-0.25, -0.2) is 4.98 Å². The van der Waals surface area contributed by atoms with Gasteiger partial charge in [-0.05, 0) is 23.8 Å². The molecule has 0 unspecified atom stereocenters. The van der Waals surface area contributed by atoms with Gasteiger partial charge in [0.05, 0.1) is 14.2 Å². The van der Waals surface area contributed by atoms with E-state index in [4.69, 9.17) is 9.47 Å². The first-order valence-corrected chi connectivity index (χ1v) is 7.44. The second kappa shape index (κ2) is 7.35. The number of hydrogen-bond acceptors (Lipinski definition) is 5. The van der Waals surface area contributed by atoms with Crippen molar-refractivity contribution in [1.29, 1.82) is 0 Å². The Balaban J connectivity index is 2.06.